The number of aromatic nitrogens is 1. The van der Waals surface area contributed by atoms with E-state index in [0.717, 1.165) is 5.69 Å². The molecule has 10 heteroatoms. The van der Waals surface area contributed by atoms with Gasteiger partial charge in [0.05, 0.1) is 19.3 Å². The van der Waals surface area contributed by atoms with E-state index >= 15 is 0 Å². The van der Waals surface area contributed by atoms with E-state index in [0.29, 0.717) is 37.1 Å². The van der Waals surface area contributed by atoms with Crippen LogP contribution in [0.25, 0.3) is 0 Å². The molecule has 1 saturated heterocycles. The normalized spacial score (nSPS) is 13.7. The van der Waals surface area contributed by atoms with Crippen LogP contribution >= 0.6 is 11.3 Å². The predicted molar refractivity (Wildman–Crippen MR) is 110 cm³/mol. The van der Waals surface area contributed by atoms with Gasteiger partial charge in [-0.3, -0.25) is 14.4 Å². The van der Waals surface area contributed by atoms with Crippen LogP contribution in [-0.4, -0.2) is 72.3 Å². The fourth-order valence-electron chi connectivity index (χ4n) is 2.93. The van der Waals surface area contributed by atoms with Crippen molar-refractivity contribution in [3.63, 3.8) is 0 Å². The Morgan fingerprint density at radius 3 is 2.52 bits per heavy atom. The number of carbonyl (C=O) groups is 3. The number of para-hydroxylation sites is 2. The minimum atomic E-state index is -0.412. The minimum absolute atomic E-state index is 0.00599. The molecule has 2 N–H and O–H groups in total. The molecule has 9 nitrogen and oxygen atoms in total. The van der Waals surface area contributed by atoms with Gasteiger partial charge in [-0.05, 0) is 12.1 Å². The number of anilines is 2. The highest BCUT2D eigenvalue weighted by atomic mass is 32.1. The van der Waals surface area contributed by atoms with Crippen molar-refractivity contribution in [3.05, 3.63) is 35.3 Å². The summed E-state index contributed by atoms with van der Waals surface area (Å²) in [6, 6.07) is 7.41. The third-order valence-corrected chi connectivity index (χ3v) is 5.32. The number of ether oxygens (including phenoxy) is 1. The molecule has 2 aromatic rings. The summed E-state index contributed by atoms with van der Waals surface area (Å²) < 4.78 is 5.29. The zero-order valence-corrected chi connectivity index (χ0v) is 17.1. The molecule has 1 aliphatic rings. The van der Waals surface area contributed by atoms with Gasteiger partial charge in [0.15, 0.2) is 5.13 Å². The molecule has 0 unspecified atom stereocenters. The lowest BCUT2D eigenvalue weighted by atomic mass is 10.3. The number of piperazine rings is 1. The molecule has 0 atom stereocenters. The number of methoxy groups -OCH3 is 1. The van der Waals surface area contributed by atoms with Crippen LogP contribution in [0.4, 0.5) is 10.8 Å². The highest BCUT2D eigenvalue weighted by Gasteiger charge is 2.23. The number of carbonyl (C=O) groups excluding carboxylic acids is 3. The second kappa shape index (κ2) is 9.37. The molecule has 3 amide bonds. The van der Waals surface area contributed by atoms with Crippen LogP contribution in [-0.2, 0) is 9.59 Å². The fraction of sp³-hybridized carbons (Fsp3) is 0.368. The second-order valence-electron chi connectivity index (χ2n) is 6.43. The number of hydrogen-bond donors (Lipinski definition) is 2. The van der Waals surface area contributed by atoms with Crippen molar-refractivity contribution >= 4 is 39.9 Å². The Morgan fingerprint density at radius 2 is 1.83 bits per heavy atom. The summed E-state index contributed by atoms with van der Waals surface area (Å²) in [7, 11) is 1.58. The maximum Gasteiger partial charge on any atom is 0.271 e. The molecule has 0 radical (unpaired) electrons. The first-order valence-electron chi connectivity index (χ1n) is 9.15. The second-order valence-corrected chi connectivity index (χ2v) is 7.29. The molecule has 29 heavy (non-hydrogen) atoms. The molecule has 0 spiro atoms. The zero-order chi connectivity index (χ0) is 20.8. The van der Waals surface area contributed by atoms with Crippen LogP contribution in [0.2, 0.25) is 0 Å². The highest BCUT2D eigenvalue weighted by molar-refractivity contribution is 7.14. The number of amides is 3. The monoisotopic (exact) mass is 417 g/mol. The van der Waals surface area contributed by atoms with Gasteiger partial charge in [0.2, 0.25) is 11.8 Å². The average molecular weight is 417 g/mol. The molecule has 154 valence electrons. The van der Waals surface area contributed by atoms with Crippen LogP contribution in [0.3, 0.4) is 0 Å². The van der Waals surface area contributed by atoms with Gasteiger partial charge < -0.3 is 25.2 Å². The van der Waals surface area contributed by atoms with Crippen molar-refractivity contribution in [3.8, 4) is 5.75 Å². The topological polar surface area (TPSA) is 104 Å². The summed E-state index contributed by atoms with van der Waals surface area (Å²) in [6.45, 7) is 3.38. The lowest BCUT2D eigenvalue weighted by Crippen LogP contribution is -2.52. The SMILES string of the molecule is COc1ccccc1Nc1nc(C(=O)NCC(=O)N2CCN(C(C)=O)CC2)cs1. The van der Waals surface area contributed by atoms with Crippen LogP contribution < -0.4 is 15.4 Å². The molecule has 3 rings (SSSR count). The van der Waals surface area contributed by atoms with Gasteiger partial charge in [-0.2, -0.15) is 0 Å². The molecule has 0 aliphatic carbocycles. The van der Waals surface area contributed by atoms with E-state index in [1.54, 1.807) is 22.3 Å². The Kier molecular flexibility index (Phi) is 6.65. The Morgan fingerprint density at radius 1 is 1.14 bits per heavy atom. The van der Waals surface area contributed by atoms with E-state index in [2.05, 4.69) is 15.6 Å². The molecular formula is C19H23N5O4S. The molecule has 1 aromatic carbocycles. The van der Waals surface area contributed by atoms with E-state index in [4.69, 9.17) is 4.74 Å². The van der Waals surface area contributed by atoms with Crippen molar-refractivity contribution in [1.29, 1.82) is 0 Å². The van der Waals surface area contributed by atoms with Gasteiger partial charge in [0, 0.05) is 38.5 Å². The van der Waals surface area contributed by atoms with Gasteiger partial charge in [-0.15, -0.1) is 11.3 Å². The maximum absolute atomic E-state index is 12.3. The van der Waals surface area contributed by atoms with Crippen molar-refractivity contribution < 1.29 is 19.1 Å². The number of benzene rings is 1. The predicted octanol–water partition coefficient (Wildman–Crippen LogP) is 1.32. The quantitative estimate of drug-likeness (QED) is 0.735. The van der Waals surface area contributed by atoms with Crippen molar-refractivity contribution in [2.45, 2.75) is 6.92 Å². The smallest absolute Gasteiger partial charge is 0.271 e. The molecular weight excluding hydrogens is 394 g/mol. The minimum Gasteiger partial charge on any atom is -0.495 e. The number of thiazole rings is 1. The summed E-state index contributed by atoms with van der Waals surface area (Å²) >= 11 is 1.29. The Labute approximate surface area is 172 Å². The number of nitrogens with zero attached hydrogens (tertiary/aromatic N) is 3. The van der Waals surface area contributed by atoms with Crippen molar-refractivity contribution in [1.82, 2.24) is 20.1 Å². The number of nitrogens with one attached hydrogen (secondary N) is 2. The molecule has 1 aromatic heterocycles. The molecule has 2 heterocycles. The van der Waals surface area contributed by atoms with Gasteiger partial charge in [0.1, 0.15) is 11.4 Å². The van der Waals surface area contributed by atoms with Gasteiger partial charge in [0.25, 0.3) is 5.91 Å². The van der Waals surface area contributed by atoms with Crippen LogP contribution in [0.15, 0.2) is 29.6 Å². The lowest BCUT2D eigenvalue weighted by Gasteiger charge is -2.34. The maximum atomic E-state index is 12.3. The summed E-state index contributed by atoms with van der Waals surface area (Å²) in [4.78, 5) is 43.6. The van der Waals surface area contributed by atoms with E-state index in [-0.39, 0.29) is 24.1 Å². The molecule has 1 fully saturated rings. The lowest BCUT2D eigenvalue weighted by molar-refractivity contribution is -0.137. The molecule has 0 saturated carbocycles. The Hall–Kier alpha value is -3.14. The van der Waals surface area contributed by atoms with E-state index in [9.17, 15) is 14.4 Å². The summed E-state index contributed by atoms with van der Waals surface area (Å²) in [5.41, 5.74) is 0.984. The first-order valence-corrected chi connectivity index (χ1v) is 10.0. The standard InChI is InChI=1S/C19H23N5O4S/c1-13(25)23-7-9-24(10-8-23)17(26)11-20-18(27)15-12-29-19(22-15)21-14-5-3-4-6-16(14)28-2/h3-6,12H,7-11H2,1-2H3,(H,20,27)(H,21,22). The molecule has 0 bridgehead atoms. The summed E-state index contributed by atoms with van der Waals surface area (Å²) in [6.07, 6.45) is 0. The number of rotatable bonds is 6. The van der Waals surface area contributed by atoms with E-state index < -0.39 is 5.91 Å². The van der Waals surface area contributed by atoms with Crippen molar-refractivity contribution in [2.24, 2.45) is 0 Å². The third-order valence-electron chi connectivity index (χ3n) is 4.56. The summed E-state index contributed by atoms with van der Waals surface area (Å²) in [5, 5.41) is 7.91. The Balaban J connectivity index is 1.50. The van der Waals surface area contributed by atoms with Gasteiger partial charge in [-0.1, -0.05) is 12.1 Å². The van der Waals surface area contributed by atoms with E-state index in [1.807, 2.05) is 24.3 Å². The Bertz CT molecular complexity index is 892. The van der Waals surface area contributed by atoms with Crippen LogP contribution in [0.5, 0.6) is 5.75 Å². The van der Waals surface area contributed by atoms with E-state index in [1.165, 1.54) is 18.3 Å². The number of hydrogen-bond acceptors (Lipinski definition) is 7. The highest BCUT2D eigenvalue weighted by Crippen LogP contribution is 2.28. The molecule has 1 aliphatic heterocycles. The first kappa shape index (κ1) is 20.6. The van der Waals surface area contributed by atoms with Crippen molar-refractivity contribution in [2.75, 3.05) is 45.2 Å². The van der Waals surface area contributed by atoms with Gasteiger partial charge in [-0.25, -0.2) is 4.98 Å². The van der Waals surface area contributed by atoms with Crippen LogP contribution in [0, 0.1) is 0 Å². The van der Waals surface area contributed by atoms with Gasteiger partial charge >= 0.3 is 0 Å². The third kappa shape index (κ3) is 5.23. The zero-order valence-electron chi connectivity index (χ0n) is 16.3. The first-order chi connectivity index (χ1) is 14.0. The fourth-order valence-corrected chi connectivity index (χ4v) is 3.63. The van der Waals surface area contributed by atoms with Crippen LogP contribution in [0.1, 0.15) is 17.4 Å². The largest absolute Gasteiger partial charge is 0.495 e. The average Bonchev–Trinajstić information content (AvgIpc) is 3.21. The summed E-state index contributed by atoms with van der Waals surface area (Å²) in [5.74, 6) is 0.0878.